The van der Waals surface area contributed by atoms with E-state index in [0.29, 0.717) is 0 Å². The van der Waals surface area contributed by atoms with Crippen LogP contribution in [-0.4, -0.2) is 0 Å². The number of halogens is 1. The van der Waals surface area contributed by atoms with Gasteiger partial charge >= 0.3 is 0 Å². The zero-order valence-electron chi connectivity index (χ0n) is 10.4. The first-order valence-electron chi connectivity index (χ1n) is 6.24. The molecule has 19 heavy (non-hydrogen) atoms. The summed E-state index contributed by atoms with van der Waals surface area (Å²) in [7, 11) is 0. The maximum absolute atomic E-state index is 6.03. The molecule has 0 radical (unpaired) electrons. The van der Waals surface area contributed by atoms with Gasteiger partial charge in [-0.25, -0.2) is 0 Å². The van der Waals surface area contributed by atoms with E-state index < -0.39 is 0 Å². The first-order valence-corrected chi connectivity index (χ1v) is 7.03. The lowest BCUT2D eigenvalue weighted by atomic mass is 10.0. The zero-order valence-corrected chi connectivity index (χ0v) is 12.0. The van der Waals surface area contributed by atoms with Gasteiger partial charge in [-0.15, -0.1) is 0 Å². The second kappa shape index (κ2) is 3.84. The van der Waals surface area contributed by atoms with Crippen molar-refractivity contribution < 1.29 is 4.42 Å². The van der Waals surface area contributed by atoms with Gasteiger partial charge in [-0.1, -0.05) is 30.3 Å². The summed E-state index contributed by atoms with van der Waals surface area (Å²) in [5, 5.41) is 4.85. The summed E-state index contributed by atoms with van der Waals surface area (Å²) in [6.07, 6.45) is 0. The highest BCUT2D eigenvalue weighted by Gasteiger charge is 2.12. The lowest BCUT2D eigenvalue weighted by Gasteiger charge is -1.99. The van der Waals surface area contributed by atoms with Crippen LogP contribution in [0.25, 0.3) is 32.7 Å². The maximum atomic E-state index is 6.03. The van der Waals surface area contributed by atoms with Gasteiger partial charge in [0, 0.05) is 10.8 Å². The Morgan fingerprint density at radius 3 is 2.47 bits per heavy atom. The van der Waals surface area contributed by atoms with E-state index >= 15 is 0 Å². The molecule has 4 aromatic rings. The fraction of sp³-hybridized carbons (Fsp3) is 0.0588. The van der Waals surface area contributed by atoms with Crippen LogP contribution in [0, 0.1) is 6.92 Å². The van der Waals surface area contributed by atoms with E-state index in [1.165, 1.54) is 27.1 Å². The average Bonchev–Trinajstić information content (AvgIpc) is 2.80. The largest absolute Gasteiger partial charge is 0.455 e. The minimum absolute atomic E-state index is 0.935. The molecular weight excluding hydrogens is 300 g/mol. The summed E-state index contributed by atoms with van der Waals surface area (Å²) >= 11 is 3.57. The predicted octanol–water partition coefficient (Wildman–Crippen LogP) is 5.81. The summed E-state index contributed by atoms with van der Waals surface area (Å²) in [5.41, 5.74) is 3.13. The number of hydrogen-bond acceptors (Lipinski definition) is 1. The molecule has 1 heterocycles. The highest BCUT2D eigenvalue weighted by Crippen LogP contribution is 2.37. The molecular formula is C17H11BrO. The molecule has 0 fully saturated rings. The van der Waals surface area contributed by atoms with E-state index in [1.54, 1.807) is 0 Å². The van der Waals surface area contributed by atoms with Crippen LogP contribution in [0.15, 0.2) is 57.4 Å². The van der Waals surface area contributed by atoms with Crippen molar-refractivity contribution >= 4 is 48.6 Å². The fourth-order valence-corrected chi connectivity index (χ4v) is 3.11. The normalized spacial score (nSPS) is 11.7. The standard InChI is InChI=1S/C17H11BrO/c1-10-6-7-14(18)17-16(10)13-8-11-4-2-3-5-12(11)9-15(13)19-17/h2-9H,1H3. The van der Waals surface area contributed by atoms with Crippen LogP contribution >= 0.6 is 15.9 Å². The van der Waals surface area contributed by atoms with E-state index in [1.807, 2.05) is 6.07 Å². The number of benzene rings is 3. The minimum Gasteiger partial charge on any atom is -0.455 e. The maximum Gasteiger partial charge on any atom is 0.149 e. The Balaban J connectivity index is 2.30. The van der Waals surface area contributed by atoms with Gasteiger partial charge in [0.25, 0.3) is 0 Å². The Kier molecular flexibility index (Phi) is 2.24. The molecule has 0 atom stereocenters. The van der Waals surface area contributed by atoms with Crippen LogP contribution in [0.2, 0.25) is 0 Å². The number of furan rings is 1. The van der Waals surface area contributed by atoms with Crippen LogP contribution in [0.4, 0.5) is 0 Å². The van der Waals surface area contributed by atoms with Crippen molar-refractivity contribution in [2.24, 2.45) is 0 Å². The molecule has 0 aliphatic carbocycles. The molecule has 4 rings (SSSR count). The number of rotatable bonds is 0. The fourth-order valence-electron chi connectivity index (χ4n) is 2.70. The van der Waals surface area contributed by atoms with Gasteiger partial charge in [0.15, 0.2) is 0 Å². The Hall–Kier alpha value is -1.80. The average molecular weight is 311 g/mol. The van der Waals surface area contributed by atoms with Crippen molar-refractivity contribution in [3.8, 4) is 0 Å². The first-order chi connectivity index (χ1) is 9.24. The van der Waals surface area contributed by atoms with Crippen molar-refractivity contribution in [2.75, 3.05) is 0 Å². The highest BCUT2D eigenvalue weighted by molar-refractivity contribution is 9.10. The predicted molar refractivity (Wildman–Crippen MR) is 83.7 cm³/mol. The van der Waals surface area contributed by atoms with Gasteiger partial charge in [-0.3, -0.25) is 0 Å². The van der Waals surface area contributed by atoms with Gasteiger partial charge in [0.1, 0.15) is 11.2 Å². The molecule has 0 saturated heterocycles. The molecule has 0 aliphatic rings. The Morgan fingerprint density at radius 1 is 0.947 bits per heavy atom. The summed E-state index contributed by atoms with van der Waals surface area (Å²) in [5.74, 6) is 0. The van der Waals surface area contributed by atoms with Crippen LogP contribution in [0.5, 0.6) is 0 Å². The Morgan fingerprint density at radius 2 is 1.68 bits per heavy atom. The Labute approximate surface area is 119 Å². The van der Waals surface area contributed by atoms with E-state index in [2.05, 4.69) is 65.3 Å². The molecule has 1 nitrogen and oxygen atoms in total. The van der Waals surface area contributed by atoms with Crippen LogP contribution < -0.4 is 0 Å². The Bertz CT molecular complexity index is 934. The molecule has 1 aromatic heterocycles. The van der Waals surface area contributed by atoms with Gasteiger partial charge in [0.2, 0.25) is 0 Å². The highest BCUT2D eigenvalue weighted by atomic mass is 79.9. The monoisotopic (exact) mass is 310 g/mol. The van der Waals surface area contributed by atoms with Crippen molar-refractivity contribution in [3.63, 3.8) is 0 Å². The molecule has 0 amide bonds. The molecule has 0 N–H and O–H groups in total. The van der Waals surface area contributed by atoms with Crippen LogP contribution in [0.3, 0.4) is 0 Å². The first kappa shape index (κ1) is 11.1. The number of aryl methyl sites for hydroxylation is 1. The summed E-state index contributed by atoms with van der Waals surface area (Å²) in [6.45, 7) is 2.12. The third kappa shape index (κ3) is 1.53. The van der Waals surface area contributed by atoms with E-state index in [4.69, 9.17) is 4.42 Å². The molecule has 0 spiro atoms. The molecule has 0 bridgehead atoms. The van der Waals surface area contributed by atoms with E-state index in [0.717, 1.165) is 15.6 Å². The summed E-state index contributed by atoms with van der Waals surface area (Å²) in [4.78, 5) is 0. The van der Waals surface area contributed by atoms with Gasteiger partial charge in [-0.05, 0) is 57.4 Å². The zero-order chi connectivity index (χ0) is 13.0. The molecule has 92 valence electrons. The van der Waals surface area contributed by atoms with Crippen LogP contribution in [0.1, 0.15) is 5.56 Å². The van der Waals surface area contributed by atoms with E-state index in [-0.39, 0.29) is 0 Å². The van der Waals surface area contributed by atoms with Crippen molar-refractivity contribution in [3.05, 3.63) is 58.6 Å². The van der Waals surface area contributed by atoms with Gasteiger partial charge < -0.3 is 4.42 Å². The third-order valence-electron chi connectivity index (χ3n) is 3.65. The summed E-state index contributed by atoms with van der Waals surface area (Å²) in [6, 6.07) is 16.9. The lowest BCUT2D eigenvalue weighted by Crippen LogP contribution is -1.76. The van der Waals surface area contributed by atoms with Gasteiger partial charge in [0.05, 0.1) is 4.47 Å². The molecule has 0 unspecified atom stereocenters. The number of fused-ring (bicyclic) bond motifs is 4. The van der Waals surface area contributed by atoms with E-state index in [9.17, 15) is 0 Å². The SMILES string of the molecule is Cc1ccc(Br)c2oc3cc4ccccc4cc3c12. The molecule has 2 heteroatoms. The number of hydrogen-bond donors (Lipinski definition) is 0. The van der Waals surface area contributed by atoms with Gasteiger partial charge in [-0.2, -0.15) is 0 Å². The smallest absolute Gasteiger partial charge is 0.149 e. The second-order valence-corrected chi connectivity index (χ2v) is 5.72. The molecule has 3 aromatic carbocycles. The third-order valence-corrected chi connectivity index (χ3v) is 4.27. The summed E-state index contributed by atoms with van der Waals surface area (Å²) < 4.78 is 7.03. The second-order valence-electron chi connectivity index (χ2n) is 4.87. The molecule has 0 saturated carbocycles. The minimum atomic E-state index is 0.935. The quantitative estimate of drug-likeness (QED) is 0.399. The topological polar surface area (TPSA) is 13.1 Å². The van der Waals surface area contributed by atoms with Crippen molar-refractivity contribution in [1.29, 1.82) is 0 Å². The lowest BCUT2D eigenvalue weighted by molar-refractivity contribution is 0.667. The van der Waals surface area contributed by atoms with Crippen LogP contribution in [-0.2, 0) is 0 Å². The van der Waals surface area contributed by atoms with Crippen molar-refractivity contribution in [2.45, 2.75) is 6.92 Å². The molecule has 0 aliphatic heterocycles. The van der Waals surface area contributed by atoms with Crippen molar-refractivity contribution in [1.82, 2.24) is 0 Å².